The predicted molar refractivity (Wildman–Crippen MR) is 79.4 cm³/mol. The number of pyridine rings is 1. The van der Waals surface area contributed by atoms with Gasteiger partial charge < -0.3 is 15.2 Å². The van der Waals surface area contributed by atoms with Crippen LogP contribution in [0.3, 0.4) is 0 Å². The van der Waals surface area contributed by atoms with Crippen molar-refractivity contribution in [3.63, 3.8) is 0 Å². The molecule has 1 fully saturated rings. The molecule has 1 saturated carbocycles. The third-order valence-corrected chi connectivity index (χ3v) is 3.69. The second-order valence-electron chi connectivity index (χ2n) is 5.31. The molecular formula is C15H21N5. The van der Waals surface area contributed by atoms with E-state index < -0.39 is 0 Å². The lowest BCUT2D eigenvalue weighted by atomic mass is 10.1. The van der Waals surface area contributed by atoms with Crippen LogP contribution in [0.25, 0.3) is 0 Å². The van der Waals surface area contributed by atoms with Crippen LogP contribution in [0.1, 0.15) is 24.7 Å². The maximum absolute atomic E-state index is 4.48. The predicted octanol–water partition coefficient (Wildman–Crippen LogP) is 1.97. The van der Waals surface area contributed by atoms with Gasteiger partial charge in [0.15, 0.2) is 0 Å². The third kappa shape index (κ3) is 3.17. The minimum absolute atomic E-state index is 0.375. The van der Waals surface area contributed by atoms with E-state index in [1.54, 1.807) is 6.20 Å². The van der Waals surface area contributed by atoms with E-state index in [4.69, 9.17) is 0 Å². The fraction of sp³-hybridized carbons (Fsp3) is 0.467. The molecule has 106 valence electrons. The van der Waals surface area contributed by atoms with Gasteiger partial charge in [0.05, 0.1) is 6.04 Å². The van der Waals surface area contributed by atoms with Crippen LogP contribution in [0.2, 0.25) is 0 Å². The minimum Gasteiger partial charge on any atom is -0.369 e. The summed E-state index contributed by atoms with van der Waals surface area (Å²) < 4.78 is 2.11. The lowest BCUT2D eigenvalue weighted by molar-refractivity contribution is 0.455. The number of hydrogen-bond donors (Lipinski definition) is 2. The fourth-order valence-electron chi connectivity index (χ4n) is 2.46. The van der Waals surface area contributed by atoms with Crippen LogP contribution < -0.4 is 10.6 Å². The molecule has 0 bridgehead atoms. The van der Waals surface area contributed by atoms with Gasteiger partial charge in [0.25, 0.3) is 0 Å². The number of hydrogen-bond acceptors (Lipinski definition) is 4. The molecule has 2 aromatic rings. The maximum atomic E-state index is 4.48. The van der Waals surface area contributed by atoms with E-state index in [2.05, 4.69) is 32.2 Å². The molecule has 2 heterocycles. The molecule has 0 amide bonds. The zero-order valence-electron chi connectivity index (χ0n) is 11.8. The van der Waals surface area contributed by atoms with Gasteiger partial charge in [-0.15, -0.1) is 0 Å². The summed E-state index contributed by atoms with van der Waals surface area (Å²) in [5.74, 6) is 2.81. The van der Waals surface area contributed by atoms with Gasteiger partial charge in [0, 0.05) is 38.7 Å². The van der Waals surface area contributed by atoms with E-state index in [-0.39, 0.29) is 0 Å². The summed E-state index contributed by atoms with van der Waals surface area (Å²) in [4.78, 5) is 8.73. The number of anilines is 1. The molecule has 5 heteroatoms. The Kier molecular flexibility index (Phi) is 3.97. The third-order valence-electron chi connectivity index (χ3n) is 3.69. The SMILES string of the molecule is Cn1ccnc1[C@H](NCCNc1ccccn1)C1CC1. The first-order valence-corrected chi connectivity index (χ1v) is 7.20. The smallest absolute Gasteiger partial charge is 0.125 e. The Balaban J connectivity index is 1.50. The van der Waals surface area contributed by atoms with Crippen molar-refractivity contribution in [2.75, 3.05) is 18.4 Å². The fourth-order valence-corrected chi connectivity index (χ4v) is 2.46. The van der Waals surface area contributed by atoms with Crippen LogP contribution in [-0.4, -0.2) is 27.6 Å². The Morgan fingerprint density at radius 3 is 2.80 bits per heavy atom. The van der Waals surface area contributed by atoms with Crippen LogP contribution in [0.4, 0.5) is 5.82 Å². The molecule has 1 aliphatic rings. The van der Waals surface area contributed by atoms with Crippen LogP contribution in [0, 0.1) is 5.92 Å². The largest absolute Gasteiger partial charge is 0.369 e. The van der Waals surface area contributed by atoms with E-state index in [0.717, 1.165) is 30.6 Å². The number of rotatable bonds is 7. The highest BCUT2D eigenvalue weighted by Gasteiger charge is 2.33. The molecule has 2 aromatic heterocycles. The Morgan fingerprint density at radius 2 is 2.15 bits per heavy atom. The minimum atomic E-state index is 0.375. The molecule has 20 heavy (non-hydrogen) atoms. The van der Waals surface area contributed by atoms with E-state index in [1.807, 2.05) is 30.6 Å². The van der Waals surface area contributed by atoms with E-state index in [1.165, 1.54) is 12.8 Å². The molecule has 0 aromatic carbocycles. The molecule has 2 N–H and O–H groups in total. The van der Waals surface area contributed by atoms with Crippen LogP contribution in [0.5, 0.6) is 0 Å². The Bertz CT molecular complexity index is 532. The summed E-state index contributed by atoms with van der Waals surface area (Å²) in [6, 6.07) is 6.27. The Morgan fingerprint density at radius 1 is 1.25 bits per heavy atom. The average molecular weight is 271 g/mol. The number of nitrogens with one attached hydrogen (secondary N) is 2. The number of nitrogens with zero attached hydrogens (tertiary/aromatic N) is 3. The highest BCUT2D eigenvalue weighted by atomic mass is 15.1. The summed E-state index contributed by atoms with van der Waals surface area (Å²) in [5, 5.41) is 6.94. The first-order chi connectivity index (χ1) is 9.84. The lowest BCUT2D eigenvalue weighted by Gasteiger charge is -2.18. The molecule has 0 radical (unpaired) electrons. The topological polar surface area (TPSA) is 54.8 Å². The second-order valence-corrected chi connectivity index (χ2v) is 5.31. The first kappa shape index (κ1) is 13.1. The molecule has 0 saturated heterocycles. The Hall–Kier alpha value is -1.88. The summed E-state index contributed by atoms with van der Waals surface area (Å²) in [6.45, 7) is 1.77. The van der Waals surface area contributed by atoms with Crippen molar-refractivity contribution in [1.82, 2.24) is 19.9 Å². The molecule has 0 spiro atoms. The van der Waals surface area contributed by atoms with Crippen molar-refractivity contribution in [2.45, 2.75) is 18.9 Å². The van der Waals surface area contributed by atoms with Gasteiger partial charge >= 0.3 is 0 Å². The van der Waals surface area contributed by atoms with E-state index in [9.17, 15) is 0 Å². The van der Waals surface area contributed by atoms with Gasteiger partial charge in [-0.2, -0.15) is 0 Å². The zero-order valence-corrected chi connectivity index (χ0v) is 11.8. The lowest BCUT2D eigenvalue weighted by Crippen LogP contribution is -2.30. The van der Waals surface area contributed by atoms with Crippen molar-refractivity contribution in [3.8, 4) is 0 Å². The van der Waals surface area contributed by atoms with Crippen molar-refractivity contribution < 1.29 is 0 Å². The number of imidazole rings is 1. The first-order valence-electron chi connectivity index (χ1n) is 7.20. The number of aromatic nitrogens is 3. The summed E-state index contributed by atoms with van der Waals surface area (Å²) in [7, 11) is 2.06. The average Bonchev–Trinajstić information content (AvgIpc) is 3.23. The van der Waals surface area contributed by atoms with Crippen molar-refractivity contribution in [3.05, 3.63) is 42.6 Å². The van der Waals surface area contributed by atoms with Crippen molar-refractivity contribution >= 4 is 5.82 Å². The molecule has 1 atom stereocenters. The highest BCUT2D eigenvalue weighted by molar-refractivity contribution is 5.32. The molecule has 5 nitrogen and oxygen atoms in total. The van der Waals surface area contributed by atoms with Gasteiger partial charge in [-0.3, -0.25) is 0 Å². The zero-order chi connectivity index (χ0) is 13.8. The van der Waals surface area contributed by atoms with Crippen LogP contribution in [0.15, 0.2) is 36.8 Å². The second kappa shape index (κ2) is 6.05. The maximum Gasteiger partial charge on any atom is 0.125 e. The van der Waals surface area contributed by atoms with Crippen molar-refractivity contribution in [1.29, 1.82) is 0 Å². The van der Waals surface area contributed by atoms with Crippen LogP contribution in [-0.2, 0) is 7.05 Å². The quantitative estimate of drug-likeness (QED) is 0.756. The highest BCUT2D eigenvalue weighted by Crippen LogP contribution is 2.40. The van der Waals surface area contributed by atoms with Gasteiger partial charge in [-0.25, -0.2) is 9.97 Å². The summed E-state index contributed by atoms with van der Waals surface area (Å²) in [6.07, 6.45) is 8.30. The molecule has 0 aliphatic heterocycles. The normalized spacial score (nSPS) is 16.1. The molecule has 0 unspecified atom stereocenters. The van der Waals surface area contributed by atoms with Gasteiger partial charge in [-0.05, 0) is 30.9 Å². The van der Waals surface area contributed by atoms with Gasteiger partial charge in [0.2, 0.25) is 0 Å². The monoisotopic (exact) mass is 271 g/mol. The van der Waals surface area contributed by atoms with Crippen molar-refractivity contribution in [2.24, 2.45) is 13.0 Å². The van der Waals surface area contributed by atoms with Crippen LogP contribution >= 0.6 is 0 Å². The van der Waals surface area contributed by atoms with E-state index in [0.29, 0.717) is 6.04 Å². The van der Waals surface area contributed by atoms with E-state index >= 15 is 0 Å². The van der Waals surface area contributed by atoms with Gasteiger partial charge in [-0.1, -0.05) is 6.07 Å². The summed E-state index contributed by atoms with van der Waals surface area (Å²) in [5.41, 5.74) is 0. The molecular weight excluding hydrogens is 250 g/mol. The standard InChI is InChI=1S/C15H21N5/c1-20-11-10-19-15(20)14(12-5-6-12)18-9-8-17-13-4-2-3-7-16-13/h2-4,7,10-12,14,18H,5-6,8-9H2,1H3,(H,16,17)/t14-/m1/s1. The molecule has 3 rings (SSSR count). The number of aryl methyl sites for hydroxylation is 1. The van der Waals surface area contributed by atoms with Gasteiger partial charge in [0.1, 0.15) is 11.6 Å². The Labute approximate surface area is 119 Å². The molecule has 1 aliphatic carbocycles. The summed E-state index contributed by atoms with van der Waals surface area (Å²) >= 11 is 0.